The van der Waals surface area contributed by atoms with E-state index in [1.165, 1.54) is 6.07 Å². The third kappa shape index (κ3) is 3.28. The summed E-state index contributed by atoms with van der Waals surface area (Å²) < 4.78 is 33.0. The Labute approximate surface area is 115 Å². The van der Waals surface area contributed by atoms with E-state index in [1.54, 1.807) is 18.2 Å². The Balaban J connectivity index is 2.21. The summed E-state index contributed by atoms with van der Waals surface area (Å²) >= 11 is 0. The molecule has 7 nitrogen and oxygen atoms in total. The molecule has 0 spiro atoms. The van der Waals surface area contributed by atoms with E-state index in [4.69, 9.17) is 19.4 Å². The number of furan rings is 1. The number of rotatable bonds is 6. The Morgan fingerprint density at radius 3 is 2.80 bits per heavy atom. The molecule has 0 saturated heterocycles. The van der Waals surface area contributed by atoms with Gasteiger partial charge in [-0.15, -0.1) is 0 Å². The zero-order valence-corrected chi connectivity index (χ0v) is 11.2. The predicted octanol–water partition coefficient (Wildman–Crippen LogP) is 1.32. The Kier molecular flexibility index (Phi) is 3.96. The summed E-state index contributed by atoms with van der Waals surface area (Å²) in [5.74, 6) is -0.552. The summed E-state index contributed by atoms with van der Waals surface area (Å²) in [6.45, 7) is 0.191. The van der Waals surface area contributed by atoms with Crippen LogP contribution in [-0.2, 0) is 14.8 Å². The third-order valence-electron chi connectivity index (χ3n) is 2.56. The fourth-order valence-electron chi connectivity index (χ4n) is 1.67. The number of primary sulfonamides is 1. The van der Waals surface area contributed by atoms with Crippen LogP contribution in [0, 0.1) is 0 Å². The third-order valence-corrected chi connectivity index (χ3v) is 3.32. The van der Waals surface area contributed by atoms with Gasteiger partial charge in [0.15, 0.2) is 11.3 Å². The molecule has 2 rings (SSSR count). The first-order valence-corrected chi connectivity index (χ1v) is 7.32. The highest BCUT2D eigenvalue weighted by molar-refractivity contribution is 7.89. The van der Waals surface area contributed by atoms with Crippen molar-refractivity contribution in [1.29, 1.82) is 0 Å². The molecule has 0 radical (unpaired) electrons. The summed E-state index contributed by atoms with van der Waals surface area (Å²) in [5.41, 5.74) is 0.270. The van der Waals surface area contributed by atoms with Crippen LogP contribution < -0.4 is 9.88 Å². The van der Waals surface area contributed by atoms with Gasteiger partial charge in [-0.05, 0) is 12.5 Å². The predicted molar refractivity (Wildman–Crippen MR) is 70.0 cm³/mol. The second-order valence-corrected chi connectivity index (χ2v) is 5.62. The van der Waals surface area contributed by atoms with E-state index in [0.29, 0.717) is 17.6 Å². The summed E-state index contributed by atoms with van der Waals surface area (Å²) in [5, 5.41) is 13.7. The maximum Gasteiger partial charge on any atom is 0.303 e. The molecule has 3 N–H and O–H groups in total. The lowest BCUT2D eigenvalue weighted by molar-refractivity contribution is -0.137. The summed E-state index contributed by atoms with van der Waals surface area (Å²) in [4.78, 5) is 10.4. The summed E-state index contributed by atoms with van der Waals surface area (Å²) in [6.07, 6.45) is 0.338. The molecule has 0 saturated carbocycles. The molecule has 20 heavy (non-hydrogen) atoms. The van der Waals surface area contributed by atoms with Gasteiger partial charge in [0.1, 0.15) is 0 Å². The number of hydrogen-bond donors (Lipinski definition) is 2. The molecule has 1 aromatic carbocycles. The highest BCUT2D eigenvalue weighted by Gasteiger charge is 2.16. The van der Waals surface area contributed by atoms with Crippen molar-refractivity contribution in [2.24, 2.45) is 5.14 Å². The Morgan fingerprint density at radius 1 is 1.40 bits per heavy atom. The Bertz CT molecular complexity index is 733. The largest absolute Gasteiger partial charge is 0.490 e. The van der Waals surface area contributed by atoms with Crippen molar-refractivity contribution in [3.05, 3.63) is 24.3 Å². The smallest absolute Gasteiger partial charge is 0.303 e. The van der Waals surface area contributed by atoms with E-state index in [1.807, 2.05) is 0 Å². The van der Waals surface area contributed by atoms with Crippen molar-refractivity contribution in [1.82, 2.24) is 0 Å². The van der Waals surface area contributed by atoms with Crippen LogP contribution in [0.15, 0.2) is 33.8 Å². The maximum atomic E-state index is 11.2. The lowest BCUT2D eigenvalue weighted by Gasteiger charge is -2.05. The zero-order valence-electron chi connectivity index (χ0n) is 10.4. The van der Waals surface area contributed by atoms with Crippen LogP contribution in [0.1, 0.15) is 12.8 Å². The van der Waals surface area contributed by atoms with Gasteiger partial charge in [-0.25, -0.2) is 13.6 Å². The molecule has 108 valence electrons. The van der Waals surface area contributed by atoms with Gasteiger partial charge in [0, 0.05) is 17.9 Å². The summed E-state index contributed by atoms with van der Waals surface area (Å²) in [6, 6.07) is 6.27. The monoisotopic (exact) mass is 299 g/mol. The molecular weight excluding hydrogens is 286 g/mol. The molecule has 8 heteroatoms. The number of carbonyl (C=O) groups is 1. The standard InChI is InChI=1S/C12H13NO6S/c13-20(16,17)11-7-8-3-1-4-9(12(8)19-11)18-6-2-5-10(14)15/h1,3-4,7H,2,5-6H2,(H,14,15)(H2,13,16,17). The second kappa shape index (κ2) is 5.51. The number of ether oxygens (including phenoxy) is 1. The normalized spacial score (nSPS) is 11.7. The van der Waals surface area contributed by atoms with Crippen molar-refractivity contribution in [2.75, 3.05) is 6.61 Å². The van der Waals surface area contributed by atoms with Gasteiger partial charge in [0.05, 0.1) is 6.61 Å². The van der Waals surface area contributed by atoms with Gasteiger partial charge >= 0.3 is 5.97 Å². The number of hydrogen-bond acceptors (Lipinski definition) is 5. The van der Waals surface area contributed by atoms with Crippen LogP contribution in [-0.4, -0.2) is 26.1 Å². The molecule has 0 bridgehead atoms. The van der Waals surface area contributed by atoms with Gasteiger partial charge in [-0.2, -0.15) is 0 Å². The number of fused-ring (bicyclic) bond motifs is 1. The first-order valence-electron chi connectivity index (χ1n) is 5.78. The molecule has 0 unspecified atom stereocenters. The molecule has 0 atom stereocenters. The highest BCUT2D eigenvalue weighted by Crippen LogP contribution is 2.30. The molecular formula is C12H13NO6S. The molecule has 0 fully saturated rings. The van der Waals surface area contributed by atoms with Crippen LogP contribution in [0.5, 0.6) is 5.75 Å². The lowest BCUT2D eigenvalue weighted by atomic mass is 10.2. The highest BCUT2D eigenvalue weighted by atomic mass is 32.2. The second-order valence-electron chi connectivity index (χ2n) is 4.13. The minimum atomic E-state index is -3.92. The fraction of sp³-hybridized carbons (Fsp3) is 0.250. The van der Waals surface area contributed by atoms with Crippen LogP contribution in [0.3, 0.4) is 0 Å². The van der Waals surface area contributed by atoms with Crippen molar-refractivity contribution < 1.29 is 27.5 Å². The van der Waals surface area contributed by atoms with Gasteiger partial charge in [0.2, 0.25) is 5.09 Å². The molecule has 0 aliphatic carbocycles. The first-order chi connectivity index (χ1) is 9.38. The Morgan fingerprint density at radius 2 is 2.15 bits per heavy atom. The molecule has 1 aromatic heterocycles. The first kappa shape index (κ1) is 14.4. The minimum Gasteiger partial charge on any atom is -0.490 e. The minimum absolute atomic E-state index is 0.00341. The number of aliphatic carboxylic acids is 1. The van der Waals surface area contributed by atoms with Crippen molar-refractivity contribution in [3.8, 4) is 5.75 Å². The van der Waals surface area contributed by atoms with Crippen molar-refractivity contribution >= 4 is 27.0 Å². The number of sulfonamides is 1. The van der Waals surface area contributed by atoms with Gasteiger partial charge in [-0.3, -0.25) is 4.79 Å². The van der Waals surface area contributed by atoms with Crippen molar-refractivity contribution in [2.45, 2.75) is 17.9 Å². The molecule has 0 amide bonds. The molecule has 2 aromatic rings. The number of carboxylic acids is 1. The molecule has 1 heterocycles. The fourth-order valence-corrected chi connectivity index (χ4v) is 2.16. The van der Waals surface area contributed by atoms with E-state index >= 15 is 0 Å². The van der Waals surface area contributed by atoms with Crippen LogP contribution in [0.4, 0.5) is 0 Å². The van der Waals surface area contributed by atoms with Crippen molar-refractivity contribution in [3.63, 3.8) is 0 Å². The van der Waals surface area contributed by atoms with Gasteiger partial charge < -0.3 is 14.3 Å². The topological polar surface area (TPSA) is 120 Å². The number of nitrogens with two attached hydrogens (primary N) is 1. The lowest BCUT2D eigenvalue weighted by Crippen LogP contribution is -2.10. The van der Waals surface area contributed by atoms with E-state index in [9.17, 15) is 13.2 Å². The number of para-hydroxylation sites is 1. The Hall–Kier alpha value is -2.06. The van der Waals surface area contributed by atoms with Crippen LogP contribution >= 0.6 is 0 Å². The van der Waals surface area contributed by atoms with E-state index in [2.05, 4.69) is 0 Å². The average molecular weight is 299 g/mol. The van der Waals surface area contributed by atoms with Gasteiger partial charge in [0.25, 0.3) is 10.0 Å². The van der Waals surface area contributed by atoms with Crippen LogP contribution in [0.25, 0.3) is 11.0 Å². The average Bonchev–Trinajstić information content (AvgIpc) is 2.78. The SMILES string of the molecule is NS(=O)(=O)c1cc2cccc(OCCCC(=O)O)c2o1. The number of carboxylic acid groups (broad SMARTS) is 1. The summed E-state index contributed by atoms with van der Waals surface area (Å²) in [7, 11) is -3.92. The maximum absolute atomic E-state index is 11.2. The van der Waals surface area contributed by atoms with Crippen LogP contribution in [0.2, 0.25) is 0 Å². The van der Waals surface area contributed by atoms with E-state index in [-0.39, 0.29) is 23.7 Å². The quantitative estimate of drug-likeness (QED) is 0.776. The zero-order chi connectivity index (χ0) is 14.8. The molecule has 0 aliphatic heterocycles. The van der Waals surface area contributed by atoms with Gasteiger partial charge in [-0.1, -0.05) is 12.1 Å². The molecule has 0 aliphatic rings. The number of benzene rings is 1. The van der Waals surface area contributed by atoms with E-state index in [0.717, 1.165) is 0 Å². The van der Waals surface area contributed by atoms with E-state index < -0.39 is 16.0 Å².